The van der Waals surface area contributed by atoms with Gasteiger partial charge in [-0.3, -0.25) is 19.2 Å². The van der Waals surface area contributed by atoms with Gasteiger partial charge in [0.15, 0.2) is 5.69 Å². The van der Waals surface area contributed by atoms with Gasteiger partial charge in [0.25, 0.3) is 5.91 Å². The Kier molecular flexibility index (Phi) is 6.70. The van der Waals surface area contributed by atoms with Crippen LogP contribution >= 0.6 is 0 Å². The van der Waals surface area contributed by atoms with Crippen LogP contribution in [0.15, 0.2) is 30.3 Å². The molecule has 1 saturated heterocycles. The molecule has 2 heterocycles. The van der Waals surface area contributed by atoms with Crippen LogP contribution < -0.4 is 5.32 Å². The number of nitrogens with zero attached hydrogens (tertiary/aromatic N) is 4. The highest BCUT2D eigenvalue weighted by molar-refractivity contribution is 5.96. The number of nitrogens with one attached hydrogen (secondary N) is 1. The Morgan fingerprint density at radius 3 is 2.48 bits per heavy atom. The predicted molar refractivity (Wildman–Crippen MR) is 121 cm³/mol. The summed E-state index contributed by atoms with van der Waals surface area (Å²) in [5.74, 6) is 0.650. The maximum Gasteiger partial charge on any atom is 0.274 e. The van der Waals surface area contributed by atoms with Crippen molar-refractivity contribution in [3.63, 3.8) is 0 Å². The van der Waals surface area contributed by atoms with Crippen molar-refractivity contribution in [2.45, 2.75) is 45.6 Å². The number of carbonyl (C=O) groups is 2. The molecule has 7 nitrogen and oxygen atoms in total. The minimum absolute atomic E-state index is 0.0477. The highest BCUT2D eigenvalue weighted by Crippen LogP contribution is 2.25. The summed E-state index contributed by atoms with van der Waals surface area (Å²) >= 11 is 0. The number of aromatic nitrogens is 2. The van der Waals surface area contributed by atoms with Crippen molar-refractivity contribution in [3.8, 4) is 0 Å². The van der Waals surface area contributed by atoms with Crippen LogP contribution in [0, 0.1) is 12.8 Å². The fourth-order valence-corrected chi connectivity index (χ4v) is 4.58. The van der Waals surface area contributed by atoms with Gasteiger partial charge in [0.1, 0.15) is 5.82 Å². The van der Waals surface area contributed by atoms with E-state index in [4.69, 9.17) is 0 Å². The molecule has 4 rings (SSSR count). The second-order valence-corrected chi connectivity index (χ2v) is 8.86. The minimum atomic E-state index is -0.0655. The normalized spacial score (nSPS) is 18.2. The van der Waals surface area contributed by atoms with Gasteiger partial charge in [-0.25, -0.2) is 0 Å². The van der Waals surface area contributed by atoms with Crippen molar-refractivity contribution in [1.82, 2.24) is 19.6 Å². The number of amides is 2. The molecule has 2 aliphatic rings. The molecule has 1 aromatic carbocycles. The van der Waals surface area contributed by atoms with Crippen LogP contribution in [-0.2, 0) is 18.4 Å². The fraction of sp³-hybridized carbons (Fsp3) is 0.542. The van der Waals surface area contributed by atoms with Crippen molar-refractivity contribution in [2.75, 3.05) is 31.5 Å². The summed E-state index contributed by atoms with van der Waals surface area (Å²) in [6.07, 6.45) is 5.34. The summed E-state index contributed by atoms with van der Waals surface area (Å²) in [4.78, 5) is 29.8. The van der Waals surface area contributed by atoms with Crippen molar-refractivity contribution in [2.24, 2.45) is 13.0 Å². The summed E-state index contributed by atoms with van der Waals surface area (Å²) in [5, 5.41) is 7.36. The van der Waals surface area contributed by atoms with Crippen LogP contribution in [0.4, 0.5) is 5.82 Å². The van der Waals surface area contributed by atoms with Gasteiger partial charge in [0.05, 0.1) is 0 Å². The number of anilines is 1. The van der Waals surface area contributed by atoms with Crippen molar-refractivity contribution >= 4 is 17.6 Å². The van der Waals surface area contributed by atoms with Gasteiger partial charge in [0.2, 0.25) is 5.91 Å². The Labute approximate surface area is 184 Å². The molecule has 31 heavy (non-hydrogen) atoms. The molecule has 0 unspecified atom stereocenters. The van der Waals surface area contributed by atoms with Crippen LogP contribution in [-0.4, -0.2) is 57.6 Å². The number of rotatable bonds is 5. The minimum Gasteiger partial charge on any atom is -0.335 e. The van der Waals surface area contributed by atoms with Gasteiger partial charge >= 0.3 is 0 Å². The Balaban J connectivity index is 1.32. The first-order valence-corrected chi connectivity index (χ1v) is 11.4. The molecule has 2 fully saturated rings. The third-order valence-corrected chi connectivity index (χ3v) is 6.64. The van der Waals surface area contributed by atoms with Crippen LogP contribution in [0.3, 0.4) is 0 Å². The van der Waals surface area contributed by atoms with E-state index in [0.717, 1.165) is 45.3 Å². The SMILES string of the molecule is Cc1ccccc1CN1CCN(C(=O)c2cc(NC(=O)C3CCCCC3)n(C)n2)CC1. The van der Waals surface area contributed by atoms with E-state index in [1.165, 1.54) is 17.5 Å². The maximum atomic E-state index is 13.0. The van der Waals surface area contributed by atoms with Gasteiger partial charge in [-0.2, -0.15) is 5.10 Å². The molecule has 2 amide bonds. The summed E-state index contributed by atoms with van der Waals surface area (Å²) in [6, 6.07) is 10.2. The zero-order valence-electron chi connectivity index (χ0n) is 18.6. The smallest absolute Gasteiger partial charge is 0.274 e. The largest absolute Gasteiger partial charge is 0.335 e. The third kappa shape index (κ3) is 5.15. The zero-order valence-corrected chi connectivity index (χ0v) is 18.6. The number of benzene rings is 1. The quantitative estimate of drug-likeness (QED) is 0.802. The molecule has 0 spiro atoms. The van der Waals surface area contributed by atoms with Crippen LogP contribution in [0.2, 0.25) is 0 Å². The molecule has 1 aliphatic carbocycles. The van der Waals surface area contributed by atoms with Crippen molar-refractivity contribution < 1.29 is 9.59 Å². The molecule has 1 N–H and O–H groups in total. The van der Waals surface area contributed by atoms with Gasteiger partial charge in [-0.1, -0.05) is 43.5 Å². The summed E-state index contributed by atoms with van der Waals surface area (Å²) in [7, 11) is 1.77. The highest BCUT2D eigenvalue weighted by atomic mass is 16.2. The average molecular weight is 424 g/mol. The average Bonchev–Trinajstić information content (AvgIpc) is 3.16. The molecular formula is C24H33N5O2. The molecule has 1 aromatic heterocycles. The fourth-order valence-electron chi connectivity index (χ4n) is 4.58. The summed E-state index contributed by atoms with van der Waals surface area (Å²) in [5.41, 5.74) is 3.04. The van der Waals surface area contributed by atoms with E-state index in [0.29, 0.717) is 24.6 Å². The molecule has 0 radical (unpaired) electrons. The summed E-state index contributed by atoms with van der Waals surface area (Å²) in [6.45, 7) is 6.11. The van der Waals surface area contributed by atoms with Gasteiger partial charge in [-0.05, 0) is 30.9 Å². The lowest BCUT2D eigenvalue weighted by molar-refractivity contribution is -0.120. The Morgan fingerprint density at radius 1 is 1.06 bits per heavy atom. The van der Waals surface area contributed by atoms with E-state index >= 15 is 0 Å². The van der Waals surface area contributed by atoms with E-state index in [2.05, 4.69) is 46.5 Å². The van der Waals surface area contributed by atoms with Gasteiger partial charge < -0.3 is 10.2 Å². The van der Waals surface area contributed by atoms with Crippen molar-refractivity contribution in [3.05, 3.63) is 47.2 Å². The van der Waals surface area contributed by atoms with E-state index < -0.39 is 0 Å². The third-order valence-electron chi connectivity index (χ3n) is 6.64. The lowest BCUT2D eigenvalue weighted by atomic mass is 9.89. The predicted octanol–water partition coefficient (Wildman–Crippen LogP) is 3.21. The molecule has 7 heteroatoms. The number of carbonyl (C=O) groups excluding carboxylic acids is 2. The lowest BCUT2D eigenvalue weighted by Gasteiger charge is -2.34. The Bertz CT molecular complexity index is 924. The molecule has 1 aliphatic heterocycles. The van der Waals surface area contributed by atoms with E-state index in [1.54, 1.807) is 17.8 Å². The maximum absolute atomic E-state index is 13.0. The van der Waals surface area contributed by atoms with Crippen LogP contribution in [0.1, 0.15) is 53.7 Å². The zero-order chi connectivity index (χ0) is 21.8. The Morgan fingerprint density at radius 2 is 1.77 bits per heavy atom. The second-order valence-electron chi connectivity index (χ2n) is 8.86. The molecule has 2 aromatic rings. The van der Waals surface area contributed by atoms with Crippen LogP contribution in [0.25, 0.3) is 0 Å². The van der Waals surface area contributed by atoms with E-state index in [-0.39, 0.29) is 17.7 Å². The van der Waals surface area contributed by atoms with E-state index in [1.807, 2.05) is 4.90 Å². The lowest BCUT2D eigenvalue weighted by Crippen LogP contribution is -2.48. The van der Waals surface area contributed by atoms with Gasteiger partial charge in [-0.15, -0.1) is 0 Å². The van der Waals surface area contributed by atoms with E-state index in [9.17, 15) is 9.59 Å². The van der Waals surface area contributed by atoms with Gasteiger partial charge in [0, 0.05) is 51.8 Å². The number of aryl methyl sites for hydroxylation is 2. The molecule has 166 valence electrons. The topological polar surface area (TPSA) is 70.5 Å². The molecule has 0 bridgehead atoms. The molecule has 1 saturated carbocycles. The second kappa shape index (κ2) is 9.64. The summed E-state index contributed by atoms with van der Waals surface area (Å²) < 4.78 is 1.60. The molecule has 0 atom stereocenters. The molecular weight excluding hydrogens is 390 g/mol. The first kappa shape index (κ1) is 21.6. The monoisotopic (exact) mass is 423 g/mol. The van der Waals surface area contributed by atoms with Crippen LogP contribution in [0.5, 0.6) is 0 Å². The first-order chi connectivity index (χ1) is 15.0. The van der Waals surface area contributed by atoms with Crippen molar-refractivity contribution in [1.29, 1.82) is 0 Å². The standard InChI is InChI=1S/C24H33N5O2/c1-18-8-6-7-11-20(18)17-28-12-14-29(15-13-28)24(31)21-16-22(27(2)26-21)25-23(30)19-9-4-3-5-10-19/h6-8,11,16,19H,3-5,9-10,12-15,17H2,1-2H3,(H,25,30). The number of hydrogen-bond donors (Lipinski definition) is 1. The number of piperazine rings is 1. The Hall–Kier alpha value is -2.67. The number of hydrogen-bond acceptors (Lipinski definition) is 4. The highest BCUT2D eigenvalue weighted by Gasteiger charge is 2.26. The first-order valence-electron chi connectivity index (χ1n) is 11.4.